The Morgan fingerprint density at radius 1 is 1.42 bits per heavy atom. The van der Waals surface area contributed by atoms with Crippen LogP contribution in [0.3, 0.4) is 0 Å². The summed E-state index contributed by atoms with van der Waals surface area (Å²) < 4.78 is 36.2. The van der Waals surface area contributed by atoms with Gasteiger partial charge in [0.25, 0.3) is 0 Å². The number of amides is 1. The summed E-state index contributed by atoms with van der Waals surface area (Å²) in [6.07, 6.45) is 0. The van der Waals surface area contributed by atoms with E-state index in [1.54, 1.807) is 13.8 Å². The predicted octanol–water partition coefficient (Wildman–Crippen LogP) is 1.51. The van der Waals surface area contributed by atoms with Gasteiger partial charge in [-0.2, -0.15) is 4.31 Å². The monoisotopic (exact) mass is 378 g/mol. The maximum absolute atomic E-state index is 12.5. The van der Waals surface area contributed by atoms with Gasteiger partial charge in [-0.05, 0) is 32.0 Å². The number of hydrogen-bond donors (Lipinski definition) is 1. The van der Waals surface area contributed by atoms with Gasteiger partial charge >= 0.3 is 0 Å². The molecular weight excluding hydrogens is 356 g/mol. The lowest BCUT2D eigenvalue weighted by Crippen LogP contribution is -2.43. The summed E-state index contributed by atoms with van der Waals surface area (Å²) in [7, 11) is -0.979. The van der Waals surface area contributed by atoms with Gasteiger partial charge in [0.05, 0.1) is 29.7 Å². The fourth-order valence-electron chi connectivity index (χ4n) is 1.99. The molecule has 0 saturated heterocycles. The van der Waals surface area contributed by atoms with Crippen molar-refractivity contribution in [2.45, 2.75) is 24.8 Å². The summed E-state index contributed by atoms with van der Waals surface area (Å²) >= 11 is 6.03. The number of nitrogens with one attached hydrogen (secondary N) is 1. The summed E-state index contributed by atoms with van der Waals surface area (Å²) in [6, 6.07) is 3.99. The van der Waals surface area contributed by atoms with E-state index in [1.165, 1.54) is 32.4 Å². The first-order valence-corrected chi connectivity index (χ1v) is 9.21. The highest BCUT2D eigenvalue weighted by Crippen LogP contribution is 2.28. The molecule has 24 heavy (non-hydrogen) atoms. The van der Waals surface area contributed by atoms with Crippen LogP contribution in [0.15, 0.2) is 23.1 Å². The molecule has 136 valence electrons. The van der Waals surface area contributed by atoms with Crippen molar-refractivity contribution in [3.8, 4) is 5.75 Å². The Morgan fingerprint density at radius 2 is 2.08 bits per heavy atom. The van der Waals surface area contributed by atoms with Crippen molar-refractivity contribution in [2.24, 2.45) is 0 Å². The number of benzene rings is 1. The van der Waals surface area contributed by atoms with Crippen LogP contribution in [0.2, 0.25) is 5.02 Å². The van der Waals surface area contributed by atoms with Gasteiger partial charge < -0.3 is 14.8 Å². The fraction of sp³-hybridized carbons (Fsp3) is 0.533. The Labute approximate surface area is 147 Å². The van der Waals surface area contributed by atoms with Gasteiger partial charge in [0, 0.05) is 20.2 Å². The molecule has 0 spiro atoms. The summed E-state index contributed by atoms with van der Waals surface area (Å²) in [5.41, 5.74) is 0. The van der Waals surface area contributed by atoms with Crippen LogP contribution in [0.1, 0.15) is 13.8 Å². The Morgan fingerprint density at radius 3 is 2.62 bits per heavy atom. The third-order valence-corrected chi connectivity index (χ3v) is 5.20. The number of rotatable bonds is 9. The molecule has 0 fully saturated rings. The van der Waals surface area contributed by atoms with Crippen LogP contribution in [0, 0.1) is 0 Å². The fourth-order valence-corrected chi connectivity index (χ4v) is 3.45. The number of likely N-dealkylation sites (N-methyl/N-ethyl adjacent to an activating group) is 1. The molecule has 1 amide bonds. The highest BCUT2D eigenvalue weighted by atomic mass is 35.5. The zero-order chi connectivity index (χ0) is 18.3. The van der Waals surface area contributed by atoms with E-state index in [9.17, 15) is 13.2 Å². The Hall–Kier alpha value is -1.35. The first-order valence-electron chi connectivity index (χ1n) is 7.39. The molecule has 0 heterocycles. The van der Waals surface area contributed by atoms with E-state index in [4.69, 9.17) is 21.1 Å². The maximum atomic E-state index is 12.5. The molecule has 0 radical (unpaired) electrons. The van der Waals surface area contributed by atoms with Crippen LogP contribution in [-0.4, -0.2) is 58.6 Å². The molecule has 1 aromatic rings. The maximum Gasteiger partial charge on any atom is 0.243 e. The third kappa shape index (κ3) is 5.62. The molecule has 0 saturated carbocycles. The molecule has 1 rings (SSSR count). The van der Waals surface area contributed by atoms with Crippen molar-refractivity contribution in [3.05, 3.63) is 23.2 Å². The van der Waals surface area contributed by atoms with Crippen molar-refractivity contribution in [2.75, 3.05) is 33.9 Å². The number of nitrogens with zero attached hydrogens (tertiary/aromatic N) is 1. The van der Waals surface area contributed by atoms with Gasteiger partial charge in [-0.3, -0.25) is 4.79 Å². The number of hydrogen-bond acceptors (Lipinski definition) is 5. The van der Waals surface area contributed by atoms with Gasteiger partial charge in [0.15, 0.2) is 0 Å². The van der Waals surface area contributed by atoms with Crippen LogP contribution < -0.4 is 10.1 Å². The second kappa shape index (κ2) is 9.22. The molecule has 7 nitrogen and oxygen atoms in total. The second-order valence-corrected chi connectivity index (χ2v) is 7.66. The lowest BCUT2D eigenvalue weighted by atomic mass is 10.3. The molecule has 0 bridgehead atoms. The average molecular weight is 379 g/mol. The van der Waals surface area contributed by atoms with Gasteiger partial charge in [-0.25, -0.2) is 8.42 Å². The number of halogens is 1. The number of sulfonamides is 1. The van der Waals surface area contributed by atoms with Crippen molar-refractivity contribution in [3.63, 3.8) is 0 Å². The summed E-state index contributed by atoms with van der Waals surface area (Å²) in [6.45, 7) is 4.03. The number of carbonyl (C=O) groups excluding carboxylic acids is 1. The lowest BCUT2D eigenvalue weighted by molar-refractivity contribution is -0.122. The van der Waals surface area contributed by atoms with Crippen LogP contribution in [0.25, 0.3) is 0 Å². The van der Waals surface area contributed by atoms with E-state index in [0.717, 1.165) is 4.31 Å². The SMILES string of the molecule is CCOc1ccc(S(=O)(=O)N(C)CC(=O)N[C@H](C)COC)cc1Cl. The minimum atomic E-state index is -3.84. The Kier molecular flexibility index (Phi) is 7.95. The van der Waals surface area contributed by atoms with E-state index in [0.29, 0.717) is 19.0 Å². The zero-order valence-corrected chi connectivity index (χ0v) is 15.8. The smallest absolute Gasteiger partial charge is 0.243 e. The summed E-state index contributed by atoms with van der Waals surface area (Å²) in [4.78, 5) is 11.9. The number of methoxy groups -OCH3 is 1. The Balaban J connectivity index is 2.83. The largest absolute Gasteiger partial charge is 0.492 e. The highest BCUT2D eigenvalue weighted by molar-refractivity contribution is 7.89. The molecule has 0 aliphatic rings. The number of ether oxygens (including phenoxy) is 2. The quantitative estimate of drug-likeness (QED) is 0.704. The summed E-state index contributed by atoms with van der Waals surface area (Å²) in [5, 5.41) is 2.85. The first-order chi connectivity index (χ1) is 11.2. The molecule has 1 aromatic carbocycles. The standard InChI is InChI=1S/C15H23ClN2O5S/c1-5-23-14-7-6-12(8-13(14)16)24(20,21)18(3)9-15(19)17-11(2)10-22-4/h6-8,11H,5,9-10H2,1-4H3,(H,17,19)/t11-/m1/s1. The molecule has 0 aliphatic carbocycles. The lowest BCUT2D eigenvalue weighted by Gasteiger charge is -2.19. The van der Waals surface area contributed by atoms with Crippen LogP contribution >= 0.6 is 11.6 Å². The molecule has 9 heteroatoms. The van der Waals surface area contributed by atoms with Crippen molar-refractivity contribution >= 4 is 27.5 Å². The molecule has 0 aliphatic heterocycles. The van der Waals surface area contributed by atoms with Crippen molar-refractivity contribution in [1.29, 1.82) is 0 Å². The highest BCUT2D eigenvalue weighted by Gasteiger charge is 2.24. The minimum absolute atomic E-state index is 0.00352. The van der Waals surface area contributed by atoms with E-state index < -0.39 is 15.9 Å². The zero-order valence-electron chi connectivity index (χ0n) is 14.2. The number of carbonyl (C=O) groups is 1. The van der Waals surface area contributed by atoms with E-state index in [-0.39, 0.29) is 22.5 Å². The molecule has 0 unspecified atom stereocenters. The van der Waals surface area contributed by atoms with Crippen molar-refractivity contribution in [1.82, 2.24) is 9.62 Å². The van der Waals surface area contributed by atoms with E-state index in [1.807, 2.05) is 0 Å². The molecule has 1 N–H and O–H groups in total. The Bertz CT molecular complexity index is 666. The molecular formula is C15H23ClN2O5S. The van der Waals surface area contributed by atoms with Gasteiger partial charge in [0.1, 0.15) is 5.75 Å². The minimum Gasteiger partial charge on any atom is -0.492 e. The molecule has 1 atom stereocenters. The molecule has 0 aromatic heterocycles. The van der Waals surface area contributed by atoms with Gasteiger partial charge in [0.2, 0.25) is 15.9 Å². The first kappa shape index (κ1) is 20.7. The van der Waals surface area contributed by atoms with Gasteiger partial charge in [-0.1, -0.05) is 11.6 Å². The topological polar surface area (TPSA) is 84.9 Å². The van der Waals surface area contributed by atoms with Crippen LogP contribution in [0.4, 0.5) is 0 Å². The summed E-state index contributed by atoms with van der Waals surface area (Å²) in [5.74, 6) is -0.00504. The normalized spacial score (nSPS) is 12.9. The van der Waals surface area contributed by atoms with Gasteiger partial charge in [-0.15, -0.1) is 0 Å². The van der Waals surface area contributed by atoms with Crippen molar-refractivity contribution < 1.29 is 22.7 Å². The second-order valence-electron chi connectivity index (χ2n) is 5.21. The van der Waals surface area contributed by atoms with Crippen LogP contribution in [0.5, 0.6) is 5.75 Å². The third-order valence-electron chi connectivity index (χ3n) is 3.10. The van der Waals surface area contributed by atoms with E-state index in [2.05, 4.69) is 5.32 Å². The van der Waals surface area contributed by atoms with E-state index >= 15 is 0 Å². The predicted molar refractivity (Wildman–Crippen MR) is 91.9 cm³/mol. The van der Waals surface area contributed by atoms with Crippen LogP contribution in [-0.2, 0) is 19.6 Å². The average Bonchev–Trinajstić information content (AvgIpc) is 2.49.